The molecule has 146 valence electrons. The van der Waals surface area contributed by atoms with Crippen molar-refractivity contribution in [3.8, 4) is 0 Å². The predicted octanol–water partition coefficient (Wildman–Crippen LogP) is -0.522. The summed E-state index contributed by atoms with van der Waals surface area (Å²) < 4.78 is 0. The highest BCUT2D eigenvalue weighted by Gasteiger charge is 2.19. The first kappa shape index (κ1) is 23.5. The van der Waals surface area contributed by atoms with Crippen molar-refractivity contribution in [3.05, 3.63) is 0 Å². The zero-order valence-electron chi connectivity index (χ0n) is 15.3. The average molecular weight is 359 g/mol. The third-order valence-corrected chi connectivity index (χ3v) is 3.57. The molecule has 8 heteroatoms. The molecule has 0 aliphatic heterocycles. The smallest absolute Gasteiger partial charge is 0.237 e. The summed E-state index contributed by atoms with van der Waals surface area (Å²) in [6.07, 6.45) is 2.88. The number of aliphatic hydroxyl groups excluding tert-OH is 2. The van der Waals surface area contributed by atoms with Crippen LogP contribution in [0.15, 0.2) is 0 Å². The second-order valence-electron chi connectivity index (χ2n) is 6.34. The fraction of sp³-hybridized carbons (Fsp3) is 0.824. The molecule has 0 rings (SSSR count). The maximum absolute atomic E-state index is 12.1. The maximum Gasteiger partial charge on any atom is 0.237 e. The van der Waals surface area contributed by atoms with Crippen LogP contribution in [0, 0.1) is 0 Å². The lowest BCUT2D eigenvalue weighted by molar-refractivity contribution is -0.124. The van der Waals surface area contributed by atoms with Crippen molar-refractivity contribution in [1.82, 2.24) is 16.0 Å². The van der Waals surface area contributed by atoms with Crippen LogP contribution < -0.4 is 16.0 Å². The van der Waals surface area contributed by atoms with E-state index in [1.165, 1.54) is 0 Å². The molecule has 2 unspecified atom stereocenters. The average Bonchev–Trinajstić information content (AvgIpc) is 2.57. The van der Waals surface area contributed by atoms with Crippen LogP contribution in [-0.4, -0.2) is 66.2 Å². The molecule has 0 aromatic carbocycles. The van der Waals surface area contributed by atoms with Gasteiger partial charge in [-0.2, -0.15) is 0 Å². The topological polar surface area (TPSA) is 128 Å². The first-order valence-electron chi connectivity index (χ1n) is 8.93. The molecule has 2 amide bonds. The molecule has 0 aromatic heterocycles. The van der Waals surface area contributed by atoms with E-state index >= 15 is 0 Å². The molecule has 0 aromatic rings. The van der Waals surface area contributed by atoms with Crippen molar-refractivity contribution in [2.75, 3.05) is 19.7 Å². The number of aliphatic hydroxyl groups is 2. The zero-order valence-corrected chi connectivity index (χ0v) is 15.3. The van der Waals surface area contributed by atoms with Gasteiger partial charge in [-0.05, 0) is 25.7 Å². The van der Waals surface area contributed by atoms with Gasteiger partial charge in [0.15, 0.2) is 0 Å². The van der Waals surface area contributed by atoms with Crippen LogP contribution in [0.3, 0.4) is 0 Å². The van der Waals surface area contributed by atoms with Gasteiger partial charge in [-0.25, -0.2) is 0 Å². The van der Waals surface area contributed by atoms with E-state index in [1.54, 1.807) is 0 Å². The van der Waals surface area contributed by atoms with E-state index < -0.39 is 12.1 Å². The Labute approximate surface area is 149 Å². The van der Waals surface area contributed by atoms with E-state index in [1.807, 2.05) is 13.8 Å². The van der Waals surface area contributed by atoms with Gasteiger partial charge in [0.25, 0.3) is 0 Å². The van der Waals surface area contributed by atoms with E-state index in [-0.39, 0.29) is 37.3 Å². The summed E-state index contributed by atoms with van der Waals surface area (Å²) >= 11 is 0. The molecule has 5 N–H and O–H groups in total. The zero-order chi connectivity index (χ0) is 19.1. The van der Waals surface area contributed by atoms with Gasteiger partial charge in [0, 0.05) is 32.0 Å². The molecule has 0 radical (unpaired) electrons. The van der Waals surface area contributed by atoms with Crippen LogP contribution >= 0.6 is 0 Å². The normalized spacial score (nSPS) is 13.3. The fourth-order valence-corrected chi connectivity index (χ4v) is 2.26. The molecule has 0 heterocycles. The molecule has 0 aliphatic rings. The highest BCUT2D eigenvalue weighted by molar-refractivity contribution is 5.83. The molecule has 0 aliphatic carbocycles. The van der Waals surface area contributed by atoms with Gasteiger partial charge in [-0.3, -0.25) is 9.59 Å². The number of amides is 2. The van der Waals surface area contributed by atoms with Crippen molar-refractivity contribution in [3.63, 3.8) is 0 Å². The lowest BCUT2D eigenvalue weighted by atomic mass is 10.1. The number of rotatable bonds is 15. The maximum atomic E-state index is 12.1. The molecule has 0 saturated carbocycles. The summed E-state index contributed by atoms with van der Waals surface area (Å²) in [5.41, 5.74) is 0. The van der Waals surface area contributed by atoms with Crippen molar-refractivity contribution in [2.24, 2.45) is 0 Å². The lowest BCUT2D eigenvalue weighted by Gasteiger charge is -2.20. The Hall–Kier alpha value is -1.51. The molecular formula is C17H33N3O5. The van der Waals surface area contributed by atoms with E-state index in [9.17, 15) is 19.5 Å². The summed E-state index contributed by atoms with van der Waals surface area (Å²) in [6, 6.07) is -0.375. The van der Waals surface area contributed by atoms with Crippen LogP contribution in [0.25, 0.3) is 0 Å². The van der Waals surface area contributed by atoms with Crippen LogP contribution in [0.4, 0.5) is 0 Å². The van der Waals surface area contributed by atoms with E-state index in [0.29, 0.717) is 25.9 Å². The highest BCUT2D eigenvalue weighted by Crippen LogP contribution is 2.02. The quantitative estimate of drug-likeness (QED) is 0.198. The van der Waals surface area contributed by atoms with Crippen molar-refractivity contribution >= 4 is 18.1 Å². The standard InChI is InChI=1S/C17H33N3O5/c1-13(2)20-15(17(25)19-10-5-11-21)7-8-16(24)18-9-4-3-6-14(23)12-22/h11,13-15,20,22-23H,3-10,12H2,1-2H3,(H,18,24)(H,19,25). The van der Waals surface area contributed by atoms with Crippen LogP contribution in [0.5, 0.6) is 0 Å². The Morgan fingerprint density at radius 3 is 2.40 bits per heavy atom. The first-order chi connectivity index (χ1) is 11.9. The molecule has 0 bridgehead atoms. The minimum atomic E-state index is -0.698. The Bertz CT molecular complexity index is 390. The number of aldehydes is 1. The lowest BCUT2D eigenvalue weighted by Crippen LogP contribution is -2.47. The third kappa shape index (κ3) is 13.5. The van der Waals surface area contributed by atoms with Crippen LogP contribution in [0.1, 0.15) is 52.4 Å². The van der Waals surface area contributed by atoms with Crippen molar-refractivity contribution < 1.29 is 24.6 Å². The largest absolute Gasteiger partial charge is 0.394 e. The molecular weight excluding hydrogens is 326 g/mol. The molecule has 0 saturated heterocycles. The van der Waals surface area contributed by atoms with Crippen LogP contribution in [-0.2, 0) is 14.4 Å². The minimum absolute atomic E-state index is 0.0998. The third-order valence-electron chi connectivity index (χ3n) is 3.57. The second kappa shape index (κ2) is 14.8. The van der Waals surface area contributed by atoms with Gasteiger partial charge in [0.2, 0.25) is 11.8 Å². The Morgan fingerprint density at radius 1 is 1.08 bits per heavy atom. The molecule has 0 spiro atoms. The van der Waals surface area contributed by atoms with Gasteiger partial charge < -0.3 is 31.0 Å². The van der Waals surface area contributed by atoms with Gasteiger partial charge in [-0.15, -0.1) is 0 Å². The van der Waals surface area contributed by atoms with E-state index in [2.05, 4.69) is 16.0 Å². The van der Waals surface area contributed by atoms with Gasteiger partial charge >= 0.3 is 0 Å². The number of carbonyl (C=O) groups is 3. The summed E-state index contributed by atoms with van der Waals surface area (Å²) in [5, 5.41) is 26.5. The second-order valence-corrected chi connectivity index (χ2v) is 6.34. The van der Waals surface area contributed by atoms with Crippen molar-refractivity contribution in [2.45, 2.75) is 70.6 Å². The van der Waals surface area contributed by atoms with Crippen LogP contribution in [0.2, 0.25) is 0 Å². The molecule has 25 heavy (non-hydrogen) atoms. The number of carbonyl (C=O) groups excluding carboxylic acids is 3. The highest BCUT2D eigenvalue weighted by atomic mass is 16.3. The summed E-state index contributed by atoms with van der Waals surface area (Å²) in [4.78, 5) is 34.3. The Kier molecular flexibility index (Phi) is 13.9. The number of nitrogens with one attached hydrogen (secondary N) is 3. The van der Waals surface area contributed by atoms with Gasteiger partial charge in [0.1, 0.15) is 6.29 Å². The predicted molar refractivity (Wildman–Crippen MR) is 94.9 cm³/mol. The molecule has 2 atom stereocenters. The Balaban J connectivity index is 4.06. The van der Waals surface area contributed by atoms with Gasteiger partial charge in [-0.1, -0.05) is 13.8 Å². The first-order valence-corrected chi connectivity index (χ1v) is 8.93. The summed E-state index contributed by atoms with van der Waals surface area (Å²) in [7, 11) is 0. The SMILES string of the molecule is CC(C)NC(CCC(=O)NCCCCC(O)CO)C(=O)NCCC=O. The fourth-order valence-electron chi connectivity index (χ4n) is 2.26. The Morgan fingerprint density at radius 2 is 1.80 bits per heavy atom. The van der Waals surface area contributed by atoms with Gasteiger partial charge in [0.05, 0.1) is 18.8 Å². The molecule has 8 nitrogen and oxygen atoms in total. The van der Waals surface area contributed by atoms with E-state index in [4.69, 9.17) is 5.11 Å². The van der Waals surface area contributed by atoms with E-state index in [0.717, 1.165) is 19.1 Å². The number of hydrogen-bond donors (Lipinski definition) is 5. The number of unbranched alkanes of at least 4 members (excludes halogenated alkanes) is 1. The molecule has 0 fully saturated rings. The number of hydrogen-bond acceptors (Lipinski definition) is 6. The monoisotopic (exact) mass is 359 g/mol. The van der Waals surface area contributed by atoms with Crippen molar-refractivity contribution in [1.29, 1.82) is 0 Å². The summed E-state index contributed by atoms with van der Waals surface area (Å²) in [5.74, 6) is -0.333. The summed E-state index contributed by atoms with van der Waals surface area (Å²) in [6.45, 7) is 4.40. The minimum Gasteiger partial charge on any atom is -0.394 e.